The lowest BCUT2D eigenvalue weighted by Crippen LogP contribution is -2.31. The highest BCUT2D eigenvalue weighted by molar-refractivity contribution is 5.01. The van der Waals surface area contributed by atoms with Crippen molar-refractivity contribution in [3.05, 3.63) is 0 Å². The first kappa shape index (κ1) is 11.6. The summed E-state index contributed by atoms with van der Waals surface area (Å²) < 4.78 is 0. The highest BCUT2D eigenvalue weighted by Gasteiger charge is 2.29. The first-order valence-electron chi connectivity index (χ1n) is 5.87. The van der Waals surface area contributed by atoms with Crippen LogP contribution in [0.15, 0.2) is 0 Å². The van der Waals surface area contributed by atoms with Crippen molar-refractivity contribution in [3.63, 3.8) is 0 Å². The first-order valence-corrected chi connectivity index (χ1v) is 5.87. The summed E-state index contributed by atoms with van der Waals surface area (Å²) in [6.45, 7) is 3.09. The minimum atomic E-state index is 0.480. The molecule has 1 fully saturated rings. The largest absolute Gasteiger partial charge is 0.319 e. The number of hydrogen-bond donors (Lipinski definition) is 1. The van der Waals surface area contributed by atoms with Crippen LogP contribution in [-0.4, -0.2) is 13.6 Å². The van der Waals surface area contributed by atoms with Gasteiger partial charge in [0.1, 0.15) is 0 Å². The average Bonchev–Trinajstić information content (AvgIpc) is 2.42. The number of rotatable bonds is 3. The lowest BCUT2D eigenvalue weighted by atomic mass is 9.77. The van der Waals surface area contributed by atoms with Gasteiger partial charge in [-0.3, -0.25) is 0 Å². The smallest absolute Gasteiger partial charge is 0.0157 e. The topological polar surface area (TPSA) is 12.0 Å². The van der Waals surface area contributed by atoms with Crippen LogP contribution in [-0.2, 0) is 0 Å². The number of hydrogen-bond acceptors (Lipinski definition) is 1. The van der Waals surface area contributed by atoms with Crippen LogP contribution in [0.3, 0.4) is 0 Å². The maximum absolute atomic E-state index is 3.35. The van der Waals surface area contributed by atoms with E-state index < -0.39 is 0 Å². The van der Waals surface area contributed by atoms with E-state index >= 15 is 0 Å². The highest BCUT2D eigenvalue weighted by atomic mass is 14.8. The zero-order valence-electron chi connectivity index (χ0n) is 9.66. The molecule has 0 radical (unpaired) electrons. The molecule has 1 rings (SSSR count). The molecule has 0 aromatic heterocycles. The van der Waals surface area contributed by atoms with Gasteiger partial charge in [0.2, 0.25) is 0 Å². The van der Waals surface area contributed by atoms with Crippen molar-refractivity contribution in [3.8, 4) is 11.8 Å². The Labute approximate surface area is 88.7 Å². The standard InChI is InChI=1S/C13H23N/c1-3-4-9-13(12-14-2)10-7-5-6-8-11-13/h14H,5-12H2,1-2H3. The maximum Gasteiger partial charge on any atom is 0.0157 e. The molecule has 1 nitrogen and oxygen atoms in total. The molecule has 0 atom stereocenters. The van der Waals surface area contributed by atoms with Crippen LogP contribution in [0, 0.1) is 17.3 Å². The first-order chi connectivity index (χ1) is 6.83. The van der Waals surface area contributed by atoms with E-state index in [-0.39, 0.29) is 0 Å². The molecule has 0 unspecified atom stereocenters. The molecule has 14 heavy (non-hydrogen) atoms. The van der Waals surface area contributed by atoms with Crippen molar-refractivity contribution in [2.24, 2.45) is 5.41 Å². The van der Waals surface area contributed by atoms with E-state index in [1.807, 2.05) is 6.92 Å². The molecule has 0 aromatic rings. The molecule has 0 aliphatic heterocycles. The quantitative estimate of drug-likeness (QED) is 0.537. The van der Waals surface area contributed by atoms with E-state index in [1.54, 1.807) is 0 Å². The van der Waals surface area contributed by atoms with Gasteiger partial charge in [0.15, 0.2) is 0 Å². The molecule has 1 aliphatic rings. The van der Waals surface area contributed by atoms with Gasteiger partial charge in [-0.05, 0) is 32.2 Å². The fourth-order valence-electron chi connectivity index (χ4n) is 2.55. The summed E-state index contributed by atoms with van der Waals surface area (Å²) in [4.78, 5) is 0. The molecule has 0 heterocycles. The number of nitrogens with one attached hydrogen (secondary N) is 1. The molecule has 0 saturated heterocycles. The van der Waals surface area contributed by atoms with E-state index in [4.69, 9.17) is 0 Å². The molecule has 1 heteroatoms. The Bertz CT molecular complexity index is 201. The molecule has 80 valence electrons. The van der Waals surface area contributed by atoms with Gasteiger partial charge in [-0.1, -0.05) is 25.7 Å². The van der Waals surface area contributed by atoms with E-state index in [2.05, 4.69) is 24.2 Å². The van der Waals surface area contributed by atoms with Gasteiger partial charge in [-0.15, -0.1) is 11.8 Å². The third-order valence-corrected chi connectivity index (χ3v) is 3.36. The second-order valence-corrected chi connectivity index (χ2v) is 4.55. The van der Waals surface area contributed by atoms with Crippen LogP contribution in [0.5, 0.6) is 0 Å². The summed E-state index contributed by atoms with van der Waals surface area (Å²) in [5, 5.41) is 3.35. The summed E-state index contributed by atoms with van der Waals surface area (Å²) in [6.07, 6.45) is 9.45. The second kappa shape index (κ2) is 6.09. The summed E-state index contributed by atoms with van der Waals surface area (Å²) >= 11 is 0. The molecular weight excluding hydrogens is 170 g/mol. The van der Waals surface area contributed by atoms with Crippen molar-refractivity contribution in [2.75, 3.05) is 13.6 Å². The highest BCUT2D eigenvalue weighted by Crippen LogP contribution is 2.37. The Hall–Kier alpha value is -0.480. The third-order valence-electron chi connectivity index (χ3n) is 3.36. The summed E-state index contributed by atoms with van der Waals surface area (Å²) in [5.74, 6) is 6.32. The predicted molar refractivity (Wildman–Crippen MR) is 62.1 cm³/mol. The molecule has 1 saturated carbocycles. The molecular formula is C13H23N. The van der Waals surface area contributed by atoms with Gasteiger partial charge in [0.05, 0.1) is 0 Å². The zero-order valence-corrected chi connectivity index (χ0v) is 9.66. The minimum absolute atomic E-state index is 0.480. The maximum atomic E-state index is 3.35. The van der Waals surface area contributed by atoms with Crippen LogP contribution >= 0.6 is 0 Å². The van der Waals surface area contributed by atoms with Gasteiger partial charge in [-0.2, -0.15) is 0 Å². The summed E-state index contributed by atoms with van der Waals surface area (Å²) in [5.41, 5.74) is 0.480. The van der Waals surface area contributed by atoms with E-state index in [0.717, 1.165) is 13.0 Å². The van der Waals surface area contributed by atoms with Crippen molar-refractivity contribution >= 4 is 0 Å². The fourth-order valence-corrected chi connectivity index (χ4v) is 2.55. The van der Waals surface area contributed by atoms with Gasteiger partial charge < -0.3 is 5.32 Å². The van der Waals surface area contributed by atoms with Crippen LogP contribution < -0.4 is 5.32 Å². The molecule has 0 aromatic carbocycles. The predicted octanol–water partition coefficient (Wildman–Crippen LogP) is 2.96. The second-order valence-electron chi connectivity index (χ2n) is 4.55. The molecule has 1 N–H and O–H groups in total. The molecule has 0 amide bonds. The Balaban J connectivity index is 2.59. The van der Waals surface area contributed by atoms with Crippen LogP contribution in [0.1, 0.15) is 51.9 Å². The Morgan fingerprint density at radius 2 is 1.79 bits per heavy atom. The monoisotopic (exact) mass is 193 g/mol. The van der Waals surface area contributed by atoms with Crippen molar-refractivity contribution in [1.82, 2.24) is 5.32 Å². The average molecular weight is 193 g/mol. The SMILES string of the molecule is CC#CCC1(CNC)CCCCCC1. The third kappa shape index (κ3) is 3.35. The lowest BCUT2D eigenvalue weighted by Gasteiger charge is -2.30. The fraction of sp³-hybridized carbons (Fsp3) is 0.846. The molecule has 0 bridgehead atoms. The Kier molecular flexibility index (Phi) is 5.04. The molecule has 1 aliphatic carbocycles. The van der Waals surface area contributed by atoms with Crippen molar-refractivity contribution < 1.29 is 0 Å². The van der Waals surface area contributed by atoms with Gasteiger partial charge in [0.25, 0.3) is 0 Å². The van der Waals surface area contributed by atoms with E-state index in [9.17, 15) is 0 Å². The van der Waals surface area contributed by atoms with E-state index in [1.165, 1.54) is 38.5 Å². The Morgan fingerprint density at radius 1 is 1.14 bits per heavy atom. The van der Waals surface area contributed by atoms with Gasteiger partial charge in [0, 0.05) is 13.0 Å². The van der Waals surface area contributed by atoms with Gasteiger partial charge >= 0.3 is 0 Å². The molecule has 0 spiro atoms. The van der Waals surface area contributed by atoms with Crippen molar-refractivity contribution in [2.45, 2.75) is 51.9 Å². The van der Waals surface area contributed by atoms with Crippen LogP contribution in [0.4, 0.5) is 0 Å². The Morgan fingerprint density at radius 3 is 2.29 bits per heavy atom. The van der Waals surface area contributed by atoms with E-state index in [0.29, 0.717) is 5.41 Å². The summed E-state index contributed by atoms with van der Waals surface area (Å²) in [7, 11) is 2.06. The zero-order chi connectivity index (χ0) is 10.3. The normalized spacial score (nSPS) is 20.7. The van der Waals surface area contributed by atoms with Crippen LogP contribution in [0.2, 0.25) is 0 Å². The van der Waals surface area contributed by atoms with Crippen LogP contribution in [0.25, 0.3) is 0 Å². The minimum Gasteiger partial charge on any atom is -0.319 e. The van der Waals surface area contributed by atoms with Gasteiger partial charge in [-0.25, -0.2) is 0 Å². The van der Waals surface area contributed by atoms with Crippen molar-refractivity contribution in [1.29, 1.82) is 0 Å². The lowest BCUT2D eigenvalue weighted by molar-refractivity contribution is 0.245. The summed E-state index contributed by atoms with van der Waals surface area (Å²) in [6, 6.07) is 0.